The molecule has 0 spiro atoms. The van der Waals surface area contributed by atoms with Crippen LogP contribution in [0.25, 0.3) is 16.3 Å². The number of halogens is 1. The van der Waals surface area contributed by atoms with Crippen molar-refractivity contribution in [2.75, 3.05) is 18.6 Å². The highest BCUT2D eigenvalue weighted by atomic mass is 127. The summed E-state index contributed by atoms with van der Waals surface area (Å²) in [5, 5.41) is 2.53. The van der Waals surface area contributed by atoms with E-state index in [0.717, 1.165) is 12.3 Å². The van der Waals surface area contributed by atoms with Gasteiger partial charge in [0.05, 0.1) is 23.9 Å². The third kappa shape index (κ3) is 3.27. The van der Waals surface area contributed by atoms with E-state index in [4.69, 9.17) is 4.74 Å². The van der Waals surface area contributed by atoms with Gasteiger partial charge in [0.2, 0.25) is 5.52 Å². The van der Waals surface area contributed by atoms with Crippen molar-refractivity contribution in [3.8, 4) is 5.75 Å². The monoisotopic (exact) mass is 482 g/mol. The van der Waals surface area contributed by atoms with Crippen LogP contribution in [-0.2, 0) is 7.05 Å². The summed E-state index contributed by atoms with van der Waals surface area (Å²) in [5.41, 5.74) is 2.51. The van der Waals surface area contributed by atoms with E-state index < -0.39 is 0 Å². The Kier molecular flexibility index (Phi) is 5.60. The Balaban J connectivity index is 0.00000182. The normalized spacial score (nSPS) is 14.7. The molecular formula is C19H19IN2OS2. The molecular weight excluding hydrogens is 463 g/mol. The molecule has 6 heteroatoms. The fourth-order valence-electron chi connectivity index (χ4n) is 2.99. The van der Waals surface area contributed by atoms with Gasteiger partial charge in [-0.05, 0) is 25.1 Å². The molecule has 0 radical (unpaired) electrons. The van der Waals surface area contributed by atoms with Gasteiger partial charge in [-0.2, -0.15) is 4.57 Å². The Morgan fingerprint density at radius 3 is 2.72 bits per heavy atom. The molecule has 2 heterocycles. The van der Waals surface area contributed by atoms with Crippen molar-refractivity contribution in [2.45, 2.75) is 11.8 Å². The zero-order valence-electron chi connectivity index (χ0n) is 14.3. The van der Waals surface area contributed by atoms with Gasteiger partial charge in [-0.3, -0.25) is 0 Å². The number of aryl methyl sites for hydroxylation is 1. The van der Waals surface area contributed by atoms with Crippen molar-refractivity contribution in [1.82, 2.24) is 0 Å². The summed E-state index contributed by atoms with van der Waals surface area (Å²) >= 11 is 3.66. The van der Waals surface area contributed by atoms with E-state index >= 15 is 0 Å². The molecule has 3 nitrogen and oxygen atoms in total. The number of anilines is 1. The van der Waals surface area contributed by atoms with Gasteiger partial charge in [0, 0.05) is 23.6 Å². The summed E-state index contributed by atoms with van der Waals surface area (Å²) in [6, 6.07) is 14.8. The van der Waals surface area contributed by atoms with Crippen molar-refractivity contribution in [3.63, 3.8) is 0 Å². The number of methoxy groups -OCH3 is 1. The van der Waals surface area contributed by atoms with Crippen LogP contribution in [0.15, 0.2) is 52.4 Å². The lowest BCUT2D eigenvalue weighted by molar-refractivity contribution is -0.642. The molecule has 1 aliphatic rings. The van der Waals surface area contributed by atoms with Crippen LogP contribution >= 0.6 is 23.1 Å². The van der Waals surface area contributed by atoms with Crippen LogP contribution in [0.4, 0.5) is 5.69 Å². The summed E-state index contributed by atoms with van der Waals surface area (Å²) in [4.78, 5) is 3.64. The summed E-state index contributed by atoms with van der Waals surface area (Å²) in [5.74, 6) is 0.904. The van der Waals surface area contributed by atoms with Crippen LogP contribution in [0.5, 0.6) is 5.75 Å². The van der Waals surface area contributed by atoms with Gasteiger partial charge in [0.1, 0.15) is 17.5 Å². The third-order valence-corrected chi connectivity index (χ3v) is 6.55. The van der Waals surface area contributed by atoms with Crippen molar-refractivity contribution in [2.24, 2.45) is 7.05 Å². The molecule has 0 saturated heterocycles. The van der Waals surface area contributed by atoms with Gasteiger partial charge in [-0.15, -0.1) is 0 Å². The molecule has 0 aliphatic carbocycles. The predicted molar refractivity (Wildman–Crippen MR) is 103 cm³/mol. The first-order valence-electron chi connectivity index (χ1n) is 7.94. The third-order valence-electron chi connectivity index (χ3n) is 4.27. The lowest BCUT2D eigenvalue weighted by Crippen LogP contribution is -3.00. The topological polar surface area (TPSA) is 16.4 Å². The van der Waals surface area contributed by atoms with E-state index in [1.54, 1.807) is 7.11 Å². The second kappa shape index (κ2) is 7.55. The minimum atomic E-state index is 0. The number of thiazole rings is 1. The number of aromatic nitrogens is 1. The Hall–Kier alpha value is -1.25. The summed E-state index contributed by atoms with van der Waals surface area (Å²) in [6.07, 6.45) is 2.30. The molecule has 0 amide bonds. The zero-order valence-corrected chi connectivity index (χ0v) is 18.1. The number of hydrogen-bond donors (Lipinski definition) is 0. The molecule has 2 aromatic carbocycles. The molecule has 0 saturated carbocycles. The standard InChI is InChI=1S/C19H19N2OS2.HI/c1-4-21-15-11-13(22-3)9-10-17(15)24-19(21)12-18-20(2)14-7-5-6-8-16(14)23-18;/h5-12H,4H2,1-3H3;1H/q+1;/p-1. The highest BCUT2D eigenvalue weighted by molar-refractivity contribution is 8.03. The first kappa shape index (κ1) is 18.5. The van der Waals surface area contributed by atoms with E-state index in [1.165, 1.54) is 30.8 Å². The quantitative estimate of drug-likeness (QED) is 0.418. The molecule has 3 aromatic rings. The maximum atomic E-state index is 5.39. The van der Waals surface area contributed by atoms with Crippen LogP contribution < -0.4 is 38.2 Å². The number of fused-ring (bicyclic) bond motifs is 2. The minimum Gasteiger partial charge on any atom is -1.00 e. The van der Waals surface area contributed by atoms with E-state index in [2.05, 4.69) is 65.9 Å². The Labute approximate surface area is 173 Å². The highest BCUT2D eigenvalue weighted by Gasteiger charge is 2.26. The first-order valence-corrected chi connectivity index (χ1v) is 9.57. The van der Waals surface area contributed by atoms with Crippen LogP contribution in [0, 0.1) is 0 Å². The molecule has 4 rings (SSSR count). The lowest BCUT2D eigenvalue weighted by atomic mass is 10.2. The van der Waals surface area contributed by atoms with Gasteiger partial charge >= 0.3 is 0 Å². The SMILES string of the molecule is CCN1/C(=C/c2sc3ccccc3[n+]2C)Sc2ccc(OC)cc21.[I-]. The number of nitrogens with zero attached hydrogens (tertiary/aromatic N) is 2. The van der Waals surface area contributed by atoms with Gasteiger partial charge in [0.25, 0.3) is 5.01 Å². The highest BCUT2D eigenvalue weighted by Crippen LogP contribution is 2.47. The Morgan fingerprint density at radius 2 is 2.00 bits per heavy atom. The number of thioether (sulfide) groups is 1. The number of para-hydroxylation sites is 1. The smallest absolute Gasteiger partial charge is 0.265 e. The summed E-state index contributed by atoms with van der Waals surface area (Å²) in [7, 11) is 3.85. The molecule has 25 heavy (non-hydrogen) atoms. The molecule has 1 aliphatic heterocycles. The van der Waals surface area contributed by atoms with E-state index in [1.807, 2.05) is 29.2 Å². The largest absolute Gasteiger partial charge is 1.00 e. The van der Waals surface area contributed by atoms with E-state index in [0.29, 0.717) is 0 Å². The van der Waals surface area contributed by atoms with Crippen LogP contribution in [0.1, 0.15) is 11.9 Å². The average Bonchev–Trinajstić information content (AvgIpc) is 3.12. The fourth-order valence-corrected chi connectivity index (χ4v) is 5.30. The maximum absolute atomic E-state index is 5.39. The summed E-state index contributed by atoms with van der Waals surface area (Å²) < 4.78 is 8.97. The minimum absolute atomic E-state index is 0. The van der Waals surface area contributed by atoms with Crippen molar-refractivity contribution in [1.29, 1.82) is 0 Å². The number of benzene rings is 2. The van der Waals surface area contributed by atoms with Gasteiger partial charge < -0.3 is 33.6 Å². The number of rotatable bonds is 3. The van der Waals surface area contributed by atoms with Crippen LogP contribution in [0.2, 0.25) is 0 Å². The molecule has 0 bridgehead atoms. The number of hydrogen-bond acceptors (Lipinski definition) is 4. The molecule has 1 aromatic heterocycles. The molecule has 0 unspecified atom stereocenters. The summed E-state index contributed by atoms with van der Waals surface area (Å²) in [6.45, 7) is 3.13. The maximum Gasteiger partial charge on any atom is 0.265 e. The molecule has 0 N–H and O–H groups in total. The van der Waals surface area contributed by atoms with Crippen LogP contribution in [-0.4, -0.2) is 13.7 Å². The second-order valence-electron chi connectivity index (χ2n) is 5.63. The lowest BCUT2D eigenvalue weighted by Gasteiger charge is -2.17. The van der Waals surface area contributed by atoms with Gasteiger partial charge in [-0.25, -0.2) is 0 Å². The molecule has 0 fully saturated rings. The predicted octanol–water partition coefficient (Wildman–Crippen LogP) is 1.67. The van der Waals surface area contributed by atoms with Crippen molar-refractivity contribution < 1.29 is 33.3 Å². The van der Waals surface area contributed by atoms with E-state index in [9.17, 15) is 0 Å². The molecule has 130 valence electrons. The number of ether oxygens (including phenoxy) is 1. The Morgan fingerprint density at radius 1 is 1.20 bits per heavy atom. The molecule has 0 atom stereocenters. The van der Waals surface area contributed by atoms with Crippen molar-refractivity contribution in [3.05, 3.63) is 52.5 Å². The van der Waals surface area contributed by atoms with Gasteiger partial charge in [0.15, 0.2) is 0 Å². The zero-order chi connectivity index (χ0) is 16.7. The van der Waals surface area contributed by atoms with E-state index in [-0.39, 0.29) is 24.0 Å². The fraction of sp³-hybridized carbons (Fsp3) is 0.211. The van der Waals surface area contributed by atoms with Crippen LogP contribution in [0.3, 0.4) is 0 Å². The first-order chi connectivity index (χ1) is 11.7. The second-order valence-corrected chi connectivity index (χ2v) is 7.75. The Bertz CT molecular complexity index is 952. The average molecular weight is 482 g/mol. The van der Waals surface area contributed by atoms with Gasteiger partial charge in [-0.1, -0.05) is 35.2 Å². The van der Waals surface area contributed by atoms with Crippen molar-refractivity contribution >= 4 is 45.1 Å².